The van der Waals surface area contributed by atoms with Crippen molar-refractivity contribution in [3.63, 3.8) is 0 Å². The topological polar surface area (TPSA) is 78.2 Å². The SMILES string of the molecule is Cc1c(S(=O)(=O)c2ccc(Cl)cc2)c(N)n(Cc2ccco2)c1C. The summed E-state index contributed by atoms with van der Waals surface area (Å²) in [5.41, 5.74) is 7.61. The quantitative estimate of drug-likeness (QED) is 0.763. The second kappa shape index (κ2) is 6.03. The summed E-state index contributed by atoms with van der Waals surface area (Å²) in [6.45, 7) is 3.98. The molecule has 0 aliphatic rings. The highest BCUT2D eigenvalue weighted by molar-refractivity contribution is 7.91. The molecule has 0 bridgehead atoms. The first-order valence-corrected chi connectivity index (χ1v) is 9.16. The van der Waals surface area contributed by atoms with Crippen molar-refractivity contribution < 1.29 is 12.8 Å². The van der Waals surface area contributed by atoms with E-state index in [1.807, 2.05) is 13.0 Å². The number of furan rings is 1. The van der Waals surface area contributed by atoms with E-state index in [2.05, 4.69) is 0 Å². The Morgan fingerprint density at radius 2 is 1.83 bits per heavy atom. The maximum Gasteiger partial charge on any atom is 0.210 e. The predicted molar refractivity (Wildman–Crippen MR) is 93.0 cm³/mol. The summed E-state index contributed by atoms with van der Waals surface area (Å²) in [6, 6.07) is 9.66. The van der Waals surface area contributed by atoms with E-state index < -0.39 is 9.84 Å². The van der Waals surface area contributed by atoms with Crippen LogP contribution in [0, 0.1) is 13.8 Å². The zero-order valence-electron chi connectivity index (χ0n) is 13.3. The first-order chi connectivity index (χ1) is 11.3. The lowest BCUT2D eigenvalue weighted by molar-refractivity contribution is 0.492. The molecule has 0 saturated carbocycles. The molecule has 2 heterocycles. The highest BCUT2D eigenvalue weighted by Crippen LogP contribution is 2.34. The van der Waals surface area contributed by atoms with Crippen LogP contribution in [0.2, 0.25) is 5.02 Å². The summed E-state index contributed by atoms with van der Waals surface area (Å²) >= 11 is 5.85. The van der Waals surface area contributed by atoms with Gasteiger partial charge in [-0.1, -0.05) is 11.6 Å². The Balaban J connectivity index is 2.13. The Bertz CT molecular complexity index is 972. The van der Waals surface area contributed by atoms with Gasteiger partial charge in [0, 0.05) is 10.7 Å². The monoisotopic (exact) mass is 364 g/mol. The maximum absolute atomic E-state index is 13.0. The number of benzene rings is 1. The van der Waals surface area contributed by atoms with Crippen LogP contribution in [-0.2, 0) is 16.4 Å². The van der Waals surface area contributed by atoms with Crippen LogP contribution in [-0.4, -0.2) is 13.0 Å². The van der Waals surface area contributed by atoms with Crippen molar-refractivity contribution in [2.24, 2.45) is 0 Å². The lowest BCUT2D eigenvalue weighted by Gasteiger charge is -2.08. The maximum atomic E-state index is 13.0. The van der Waals surface area contributed by atoms with Gasteiger partial charge >= 0.3 is 0 Å². The van der Waals surface area contributed by atoms with Gasteiger partial charge < -0.3 is 14.7 Å². The summed E-state index contributed by atoms with van der Waals surface area (Å²) in [7, 11) is -3.73. The highest BCUT2D eigenvalue weighted by atomic mass is 35.5. The number of nitrogen functional groups attached to an aromatic ring is 1. The van der Waals surface area contributed by atoms with Crippen molar-refractivity contribution in [3.05, 3.63) is 64.7 Å². The molecule has 2 N–H and O–H groups in total. The largest absolute Gasteiger partial charge is 0.467 e. The molecule has 5 nitrogen and oxygen atoms in total. The van der Waals surface area contributed by atoms with Crippen LogP contribution >= 0.6 is 11.6 Å². The summed E-state index contributed by atoms with van der Waals surface area (Å²) < 4.78 is 33.1. The van der Waals surface area contributed by atoms with E-state index in [0.29, 0.717) is 22.9 Å². The first kappa shape index (κ1) is 16.7. The van der Waals surface area contributed by atoms with Crippen molar-refractivity contribution in [2.75, 3.05) is 5.73 Å². The van der Waals surface area contributed by atoms with Crippen LogP contribution in [0.15, 0.2) is 56.9 Å². The Labute approximate surface area is 145 Å². The molecule has 3 aromatic rings. The lowest BCUT2D eigenvalue weighted by atomic mass is 10.3. The van der Waals surface area contributed by atoms with Gasteiger partial charge in [0.15, 0.2) is 0 Å². The lowest BCUT2D eigenvalue weighted by Crippen LogP contribution is -2.09. The van der Waals surface area contributed by atoms with E-state index >= 15 is 0 Å². The van der Waals surface area contributed by atoms with Crippen molar-refractivity contribution >= 4 is 27.3 Å². The standard InChI is InChI=1S/C17H17ClN2O3S/c1-11-12(2)20(10-14-4-3-9-23-14)17(19)16(11)24(21,22)15-7-5-13(18)6-8-15/h3-9H,10,19H2,1-2H3. The van der Waals surface area contributed by atoms with Gasteiger partial charge in [-0.3, -0.25) is 0 Å². The van der Waals surface area contributed by atoms with Crippen molar-refractivity contribution in [3.8, 4) is 0 Å². The summed E-state index contributed by atoms with van der Waals surface area (Å²) in [5, 5.41) is 0.477. The van der Waals surface area contributed by atoms with E-state index in [4.69, 9.17) is 21.8 Å². The van der Waals surface area contributed by atoms with Gasteiger partial charge in [-0.15, -0.1) is 0 Å². The molecule has 0 fully saturated rings. The third kappa shape index (κ3) is 2.72. The van der Waals surface area contributed by atoms with Crippen LogP contribution < -0.4 is 5.73 Å². The Hall–Kier alpha value is -2.18. The number of hydrogen-bond acceptors (Lipinski definition) is 4. The van der Waals surface area contributed by atoms with Gasteiger partial charge in [0.1, 0.15) is 16.5 Å². The average molecular weight is 365 g/mol. The number of hydrogen-bond donors (Lipinski definition) is 1. The molecule has 0 aliphatic carbocycles. The summed E-state index contributed by atoms with van der Waals surface area (Å²) in [4.78, 5) is 0.297. The van der Waals surface area contributed by atoms with Crippen LogP contribution in [0.5, 0.6) is 0 Å². The molecule has 0 unspecified atom stereocenters. The zero-order chi connectivity index (χ0) is 17.5. The molecule has 3 rings (SSSR count). The van der Waals surface area contributed by atoms with Crippen LogP contribution in [0.25, 0.3) is 0 Å². The molecule has 0 aliphatic heterocycles. The van der Waals surface area contributed by atoms with Gasteiger partial charge in [-0.25, -0.2) is 8.42 Å². The minimum atomic E-state index is -3.73. The van der Waals surface area contributed by atoms with E-state index in [1.54, 1.807) is 36.0 Å². The van der Waals surface area contributed by atoms with E-state index in [9.17, 15) is 8.42 Å². The third-order valence-electron chi connectivity index (χ3n) is 4.10. The Kier molecular flexibility index (Phi) is 4.19. The Morgan fingerprint density at radius 1 is 1.17 bits per heavy atom. The van der Waals surface area contributed by atoms with E-state index in [1.165, 1.54) is 12.1 Å². The van der Waals surface area contributed by atoms with Crippen molar-refractivity contribution in [2.45, 2.75) is 30.2 Å². The minimum absolute atomic E-state index is 0.133. The zero-order valence-corrected chi connectivity index (χ0v) is 14.9. The van der Waals surface area contributed by atoms with Gasteiger partial charge in [0.05, 0.1) is 17.7 Å². The molecule has 0 atom stereocenters. The van der Waals surface area contributed by atoms with Crippen molar-refractivity contribution in [1.29, 1.82) is 0 Å². The predicted octanol–water partition coefficient (Wildman–Crippen LogP) is 3.81. The molecule has 1 aromatic carbocycles. The number of sulfone groups is 1. The summed E-state index contributed by atoms with van der Waals surface area (Å²) in [6.07, 6.45) is 1.57. The molecule has 0 radical (unpaired) electrons. The minimum Gasteiger partial charge on any atom is -0.467 e. The highest BCUT2D eigenvalue weighted by Gasteiger charge is 2.28. The molecule has 2 aromatic heterocycles. The second-order valence-corrected chi connectivity index (χ2v) is 7.87. The fourth-order valence-corrected chi connectivity index (χ4v) is 4.49. The molecule has 0 amide bonds. The van der Waals surface area contributed by atoms with Crippen LogP contribution in [0.3, 0.4) is 0 Å². The molecule has 0 saturated heterocycles. The van der Waals surface area contributed by atoms with E-state index in [0.717, 1.165) is 5.69 Å². The molecule has 24 heavy (non-hydrogen) atoms. The number of halogens is 1. The van der Waals surface area contributed by atoms with Gasteiger partial charge in [-0.2, -0.15) is 0 Å². The fraction of sp³-hybridized carbons (Fsp3) is 0.176. The molecular formula is C17H17ClN2O3S. The average Bonchev–Trinajstić information content (AvgIpc) is 3.11. The molecule has 7 heteroatoms. The second-order valence-electron chi connectivity index (χ2n) is 5.55. The van der Waals surface area contributed by atoms with Gasteiger partial charge in [-0.05, 0) is 55.8 Å². The number of rotatable bonds is 4. The smallest absolute Gasteiger partial charge is 0.210 e. The first-order valence-electron chi connectivity index (χ1n) is 7.30. The van der Waals surface area contributed by atoms with Crippen molar-refractivity contribution in [1.82, 2.24) is 4.57 Å². The number of aromatic nitrogens is 1. The van der Waals surface area contributed by atoms with Gasteiger partial charge in [0.2, 0.25) is 9.84 Å². The number of anilines is 1. The van der Waals surface area contributed by atoms with Gasteiger partial charge in [0.25, 0.3) is 0 Å². The fourth-order valence-electron chi connectivity index (χ4n) is 2.70. The molecule has 126 valence electrons. The Morgan fingerprint density at radius 3 is 2.42 bits per heavy atom. The van der Waals surface area contributed by atoms with Crippen LogP contribution in [0.4, 0.5) is 5.82 Å². The summed E-state index contributed by atoms with van der Waals surface area (Å²) in [5.74, 6) is 0.909. The number of nitrogens with zero attached hydrogens (tertiary/aromatic N) is 1. The molecule has 0 spiro atoms. The normalized spacial score (nSPS) is 11.8. The number of nitrogens with two attached hydrogens (primary N) is 1. The molecular weight excluding hydrogens is 348 g/mol. The van der Waals surface area contributed by atoms with E-state index in [-0.39, 0.29) is 15.6 Å². The van der Waals surface area contributed by atoms with Crippen LogP contribution in [0.1, 0.15) is 17.0 Å². The third-order valence-corrected chi connectivity index (χ3v) is 6.30.